The van der Waals surface area contributed by atoms with Gasteiger partial charge in [-0.2, -0.15) is 16.9 Å². The van der Waals surface area contributed by atoms with Crippen molar-refractivity contribution in [1.82, 2.24) is 20.1 Å². The highest BCUT2D eigenvalue weighted by Gasteiger charge is 2.20. The average Bonchev–Trinajstić information content (AvgIpc) is 2.97. The molecule has 5 heteroatoms. The molecule has 0 saturated heterocycles. The van der Waals surface area contributed by atoms with Crippen molar-refractivity contribution in [2.45, 2.75) is 38.9 Å². The van der Waals surface area contributed by atoms with E-state index >= 15 is 0 Å². The Labute approximate surface area is 94.8 Å². The van der Waals surface area contributed by atoms with E-state index < -0.39 is 0 Å². The molecule has 0 spiro atoms. The van der Waals surface area contributed by atoms with Crippen LogP contribution in [0.2, 0.25) is 0 Å². The van der Waals surface area contributed by atoms with Crippen LogP contribution in [0.25, 0.3) is 0 Å². The fraction of sp³-hybridized carbons (Fsp3) is 0.800. The van der Waals surface area contributed by atoms with E-state index in [1.807, 2.05) is 22.8 Å². The van der Waals surface area contributed by atoms with Crippen molar-refractivity contribution in [2.75, 3.05) is 11.5 Å². The Balaban J connectivity index is 1.70. The first-order valence-electron chi connectivity index (χ1n) is 5.58. The van der Waals surface area contributed by atoms with Crippen LogP contribution in [0.4, 0.5) is 0 Å². The number of rotatable bonds is 7. The van der Waals surface area contributed by atoms with Crippen molar-refractivity contribution in [3.8, 4) is 0 Å². The topological polar surface area (TPSA) is 42.7 Å². The Morgan fingerprint density at radius 2 is 2.47 bits per heavy atom. The molecule has 1 aliphatic carbocycles. The Morgan fingerprint density at radius 3 is 3.20 bits per heavy atom. The van der Waals surface area contributed by atoms with Crippen LogP contribution < -0.4 is 5.32 Å². The van der Waals surface area contributed by atoms with Crippen molar-refractivity contribution in [2.24, 2.45) is 0 Å². The van der Waals surface area contributed by atoms with E-state index in [1.165, 1.54) is 18.6 Å². The molecule has 1 aliphatic rings. The molecular formula is C10H18N4S. The molecule has 0 radical (unpaired) electrons. The zero-order valence-electron chi connectivity index (χ0n) is 9.15. The number of hydrogen-bond acceptors (Lipinski definition) is 4. The zero-order chi connectivity index (χ0) is 10.5. The van der Waals surface area contributed by atoms with Crippen molar-refractivity contribution in [3.63, 3.8) is 0 Å². The lowest BCUT2D eigenvalue weighted by atomic mass is 10.5. The first-order valence-corrected chi connectivity index (χ1v) is 6.73. The summed E-state index contributed by atoms with van der Waals surface area (Å²) in [5.74, 6) is 3.21. The maximum Gasteiger partial charge on any atom is 0.164 e. The minimum Gasteiger partial charge on any atom is -0.307 e. The number of thioether (sulfide) groups is 1. The molecule has 2 rings (SSSR count). The number of hydrogen-bond donors (Lipinski definition) is 1. The van der Waals surface area contributed by atoms with Gasteiger partial charge in [0.25, 0.3) is 0 Å². The molecule has 15 heavy (non-hydrogen) atoms. The predicted molar refractivity (Wildman–Crippen MR) is 62.9 cm³/mol. The lowest BCUT2D eigenvalue weighted by Gasteiger charge is -1.99. The summed E-state index contributed by atoms with van der Waals surface area (Å²) in [5, 5.41) is 7.82. The normalized spacial score (nSPS) is 15.8. The van der Waals surface area contributed by atoms with Crippen LogP contribution in [0, 0.1) is 0 Å². The van der Waals surface area contributed by atoms with Crippen LogP contribution in [-0.2, 0) is 13.1 Å². The SMILES string of the molecule is CCSCCn1cnc(CNC2CC2)n1. The van der Waals surface area contributed by atoms with Gasteiger partial charge in [0.1, 0.15) is 6.33 Å². The van der Waals surface area contributed by atoms with E-state index in [0.717, 1.165) is 30.7 Å². The largest absolute Gasteiger partial charge is 0.307 e. The van der Waals surface area contributed by atoms with Gasteiger partial charge in [-0.1, -0.05) is 6.92 Å². The van der Waals surface area contributed by atoms with Crippen LogP contribution in [0.5, 0.6) is 0 Å². The molecule has 84 valence electrons. The second-order valence-electron chi connectivity index (χ2n) is 3.78. The van der Waals surface area contributed by atoms with Gasteiger partial charge in [-0.25, -0.2) is 4.98 Å². The number of aryl methyl sites for hydroxylation is 1. The van der Waals surface area contributed by atoms with Crippen LogP contribution in [0.15, 0.2) is 6.33 Å². The molecule has 1 saturated carbocycles. The zero-order valence-corrected chi connectivity index (χ0v) is 9.96. The third-order valence-corrected chi connectivity index (χ3v) is 3.26. The Bertz CT molecular complexity index is 295. The molecule has 1 fully saturated rings. The van der Waals surface area contributed by atoms with E-state index in [9.17, 15) is 0 Å². The van der Waals surface area contributed by atoms with Gasteiger partial charge in [-0.3, -0.25) is 4.68 Å². The van der Waals surface area contributed by atoms with Crippen LogP contribution in [-0.4, -0.2) is 32.3 Å². The second-order valence-corrected chi connectivity index (χ2v) is 5.17. The molecule has 0 bridgehead atoms. The van der Waals surface area contributed by atoms with E-state index in [-0.39, 0.29) is 0 Å². The first-order chi connectivity index (χ1) is 7.38. The van der Waals surface area contributed by atoms with E-state index in [1.54, 1.807) is 0 Å². The molecule has 1 heterocycles. The summed E-state index contributed by atoms with van der Waals surface area (Å²) in [7, 11) is 0. The minimum atomic E-state index is 0.729. The molecular weight excluding hydrogens is 208 g/mol. The number of nitrogens with one attached hydrogen (secondary N) is 1. The molecule has 0 amide bonds. The number of aromatic nitrogens is 3. The van der Waals surface area contributed by atoms with Gasteiger partial charge in [0, 0.05) is 11.8 Å². The molecule has 4 nitrogen and oxygen atoms in total. The lowest BCUT2D eigenvalue weighted by Crippen LogP contribution is -2.16. The molecule has 0 unspecified atom stereocenters. The van der Waals surface area contributed by atoms with Crippen molar-refractivity contribution < 1.29 is 0 Å². The number of nitrogens with zero attached hydrogens (tertiary/aromatic N) is 3. The van der Waals surface area contributed by atoms with Crippen LogP contribution >= 0.6 is 11.8 Å². The van der Waals surface area contributed by atoms with Gasteiger partial charge in [0.05, 0.1) is 13.1 Å². The molecule has 1 N–H and O–H groups in total. The Kier molecular flexibility index (Phi) is 4.02. The summed E-state index contributed by atoms with van der Waals surface area (Å²) >= 11 is 1.94. The summed E-state index contributed by atoms with van der Waals surface area (Å²) < 4.78 is 1.94. The molecule has 0 aliphatic heterocycles. The van der Waals surface area contributed by atoms with Crippen molar-refractivity contribution >= 4 is 11.8 Å². The summed E-state index contributed by atoms with van der Waals surface area (Å²) in [6, 6.07) is 0.729. The standard InChI is InChI=1S/C10H18N4S/c1-2-15-6-5-14-8-12-10(13-14)7-11-9-3-4-9/h8-9,11H,2-7H2,1H3. The quantitative estimate of drug-likeness (QED) is 0.711. The first kappa shape index (κ1) is 11.0. The summed E-state index contributed by atoms with van der Waals surface area (Å²) in [5.41, 5.74) is 0. The third-order valence-electron chi connectivity index (χ3n) is 2.38. The van der Waals surface area contributed by atoms with Crippen molar-refractivity contribution in [1.29, 1.82) is 0 Å². The highest BCUT2D eigenvalue weighted by atomic mass is 32.2. The Hall–Kier alpha value is -0.550. The monoisotopic (exact) mass is 226 g/mol. The second kappa shape index (κ2) is 5.51. The third kappa shape index (κ3) is 3.83. The average molecular weight is 226 g/mol. The summed E-state index contributed by atoms with van der Waals surface area (Å²) in [6.07, 6.45) is 4.46. The van der Waals surface area contributed by atoms with E-state index in [2.05, 4.69) is 22.3 Å². The molecule has 1 aromatic rings. The maximum atomic E-state index is 4.41. The van der Waals surface area contributed by atoms with Crippen molar-refractivity contribution in [3.05, 3.63) is 12.2 Å². The minimum absolute atomic E-state index is 0.729. The smallest absolute Gasteiger partial charge is 0.164 e. The van der Waals surface area contributed by atoms with Gasteiger partial charge in [0.15, 0.2) is 5.82 Å². The lowest BCUT2D eigenvalue weighted by molar-refractivity contribution is 0.620. The highest BCUT2D eigenvalue weighted by molar-refractivity contribution is 7.99. The van der Waals surface area contributed by atoms with E-state index in [4.69, 9.17) is 0 Å². The van der Waals surface area contributed by atoms with Gasteiger partial charge in [0.2, 0.25) is 0 Å². The Morgan fingerprint density at radius 1 is 1.60 bits per heavy atom. The molecule has 0 atom stereocenters. The van der Waals surface area contributed by atoms with Gasteiger partial charge in [-0.15, -0.1) is 0 Å². The van der Waals surface area contributed by atoms with Gasteiger partial charge < -0.3 is 5.32 Å². The fourth-order valence-corrected chi connectivity index (χ4v) is 1.95. The van der Waals surface area contributed by atoms with Gasteiger partial charge >= 0.3 is 0 Å². The van der Waals surface area contributed by atoms with Crippen LogP contribution in [0.3, 0.4) is 0 Å². The maximum absolute atomic E-state index is 4.41. The predicted octanol–water partition coefficient (Wildman–Crippen LogP) is 1.28. The summed E-state index contributed by atoms with van der Waals surface area (Å²) in [6.45, 7) is 3.96. The molecule has 1 aromatic heterocycles. The van der Waals surface area contributed by atoms with E-state index in [0.29, 0.717) is 0 Å². The summed E-state index contributed by atoms with van der Waals surface area (Å²) in [4.78, 5) is 4.27. The highest BCUT2D eigenvalue weighted by Crippen LogP contribution is 2.18. The fourth-order valence-electron chi connectivity index (χ4n) is 1.35. The molecule has 0 aromatic carbocycles. The van der Waals surface area contributed by atoms with Gasteiger partial charge in [-0.05, 0) is 18.6 Å². The van der Waals surface area contributed by atoms with Crippen LogP contribution in [0.1, 0.15) is 25.6 Å².